The Morgan fingerprint density at radius 1 is 1.03 bits per heavy atom. The summed E-state index contributed by atoms with van der Waals surface area (Å²) in [6.45, 7) is 3.56. The molecule has 168 valence electrons. The molecule has 3 N–H and O–H groups in total. The molecule has 0 fully saturated rings. The molecule has 1 atom stereocenters. The van der Waals surface area contributed by atoms with Crippen molar-refractivity contribution < 1.29 is 9.90 Å². The van der Waals surface area contributed by atoms with Crippen molar-refractivity contribution in [3.8, 4) is 5.88 Å². The van der Waals surface area contributed by atoms with Crippen LogP contribution in [0.15, 0.2) is 77.8 Å². The molecule has 0 aliphatic heterocycles. The van der Waals surface area contributed by atoms with Gasteiger partial charge in [-0.25, -0.2) is 4.99 Å². The molecule has 0 unspecified atom stereocenters. The van der Waals surface area contributed by atoms with Gasteiger partial charge in [0.2, 0.25) is 11.8 Å². The van der Waals surface area contributed by atoms with Crippen LogP contribution >= 0.6 is 0 Å². The molecule has 0 spiro atoms. The van der Waals surface area contributed by atoms with Crippen molar-refractivity contribution in [2.75, 3.05) is 19.8 Å². The lowest BCUT2D eigenvalue weighted by Gasteiger charge is -2.20. The minimum absolute atomic E-state index is 0.149. The molecule has 0 saturated heterocycles. The fraction of sp³-hybridized carbons (Fsp3) is 0.185. The number of benzene rings is 3. The summed E-state index contributed by atoms with van der Waals surface area (Å²) in [6, 6.07) is 23.3. The first-order valence-electron chi connectivity index (χ1n) is 10.8. The summed E-state index contributed by atoms with van der Waals surface area (Å²) in [5.74, 6) is -0.452. The van der Waals surface area contributed by atoms with Gasteiger partial charge in [0.25, 0.3) is 0 Å². The number of aromatic hydroxyl groups is 1. The molecule has 0 saturated carbocycles. The van der Waals surface area contributed by atoms with E-state index in [1.807, 2.05) is 62.6 Å². The van der Waals surface area contributed by atoms with E-state index in [-0.39, 0.29) is 17.8 Å². The number of hydrogen-bond acceptors (Lipinski definition) is 5. The molecule has 0 radical (unpaired) electrons. The van der Waals surface area contributed by atoms with Crippen molar-refractivity contribution in [1.82, 2.24) is 9.47 Å². The molecule has 0 amide bonds. The first-order chi connectivity index (χ1) is 15.8. The van der Waals surface area contributed by atoms with Gasteiger partial charge in [0.1, 0.15) is 0 Å². The van der Waals surface area contributed by atoms with Crippen LogP contribution in [0.25, 0.3) is 10.9 Å². The fourth-order valence-electron chi connectivity index (χ4n) is 3.96. The molecule has 1 heterocycles. The van der Waals surface area contributed by atoms with E-state index in [2.05, 4.69) is 24.0 Å². The lowest BCUT2D eigenvalue weighted by atomic mass is 10.0. The zero-order valence-corrected chi connectivity index (χ0v) is 19.3. The summed E-state index contributed by atoms with van der Waals surface area (Å²) in [5.41, 5.74) is 10.9. The van der Waals surface area contributed by atoms with Crippen LogP contribution in [0.5, 0.6) is 5.88 Å². The quantitative estimate of drug-likeness (QED) is 0.322. The van der Waals surface area contributed by atoms with E-state index in [0.717, 1.165) is 11.3 Å². The number of aromatic nitrogens is 1. The normalized spacial score (nSPS) is 12.9. The predicted octanol–water partition coefficient (Wildman–Crippen LogP) is 5.38. The Hall–Kier alpha value is -3.90. The number of anilines is 1. The van der Waals surface area contributed by atoms with Crippen LogP contribution < -0.4 is 5.73 Å². The van der Waals surface area contributed by atoms with Crippen molar-refractivity contribution in [2.24, 2.45) is 4.99 Å². The van der Waals surface area contributed by atoms with Crippen molar-refractivity contribution in [3.63, 3.8) is 0 Å². The molecule has 6 nitrogen and oxygen atoms in total. The first kappa shape index (κ1) is 22.3. The van der Waals surface area contributed by atoms with E-state index in [0.29, 0.717) is 27.9 Å². The van der Waals surface area contributed by atoms with Gasteiger partial charge in [-0.2, -0.15) is 0 Å². The van der Waals surface area contributed by atoms with Crippen molar-refractivity contribution in [2.45, 2.75) is 19.9 Å². The topological polar surface area (TPSA) is 83.9 Å². The second-order valence-corrected chi connectivity index (χ2v) is 8.39. The zero-order chi connectivity index (χ0) is 23.7. The van der Waals surface area contributed by atoms with Gasteiger partial charge in [-0.05, 0) is 56.9 Å². The molecule has 0 aliphatic carbocycles. The highest BCUT2D eigenvalue weighted by atomic mass is 16.3. The highest BCUT2D eigenvalue weighted by Crippen LogP contribution is 2.35. The average molecular weight is 441 g/mol. The van der Waals surface area contributed by atoms with Gasteiger partial charge >= 0.3 is 0 Å². The molecular weight excluding hydrogens is 412 g/mol. The van der Waals surface area contributed by atoms with Gasteiger partial charge in [-0.15, -0.1) is 0 Å². The molecule has 4 aromatic rings. The third-order valence-electron chi connectivity index (χ3n) is 5.96. The lowest BCUT2D eigenvalue weighted by molar-refractivity contribution is 0.0933. The lowest BCUT2D eigenvalue weighted by Crippen LogP contribution is -2.16. The number of carbonyl (C=O) groups is 1. The molecule has 1 aromatic heterocycles. The third kappa shape index (κ3) is 4.25. The van der Waals surface area contributed by atoms with Crippen LogP contribution in [0.3, 0.4) is 0 Å². The number of nitrogen functional groups attached to an aromatic ring is 1. The van der Waals surface area contributed by atoms with Crippen LogP contribution in [0.2, 0.25) is 0 Å². The minimum Gasteiger partial charge on any atom is -0.494 e. The van der Waals surface area contributed by atoms with Crippen molar-refractivity contribution in [3.05, 3.63) is 89.5 Å². The summed E-state index contributed by atoms with van der Waals surface area (Å²) in [7, 11) is 4.09. The Bertz CT molecular complexity index is 1340. The molecule has 4 rings (SSSR count). The molecule has 3 aromatic carbocycles. The number of rotatable bonds is 5. The van der Waals surface area contributed by atoms with E-state index < -0.39 is 0 Å². The Morgan fingerprint density at radius 2 is 1.70 bits per heavy atom. The largest absolute Gasteiger partial charge is 0.494 e. The second-order valence-electron chi connectivity index (χ2n) is 8.39. The highest BCUT2D eigenvalue weighted by molar-refractivity contribution is 6.23. The number of aliphatic imine (C=N–C) groups is 1. The van der Waals surface area contributed by atoms with Crippen LogP contribution in [0.4, 0.5) is 11.4 Å². The van der Waals surface area contributed by atoms with E-state index in [1.165, 1.54) is 17.1 Å². The average Bonchev–Trinajstić information content (AvgIpc) is 3.08. The number of fused-ring (bicyclic) bond motifs is 1. The third-order valence-corrected chi connectivity index (χ3v) is 5.96. The van der Waals surface area contributed by atoms with Crippen LogP contribution in [-0.2, 0) is 0 Å². The first-order valence-corrected chi connectivity index (χ1v) is 10.8. The van der Waals surface area contributed by atoms with Gasteiger partial charge in [0, 0.05) is 29.6 Å². The van der Waals surface area contributed by atoms with E-state index in [4.69, 9.17) is 10.7 Å². The molecule has 0 aliphatic rings. The zero-order valence-electron chi connectivity index (χ0n) is 19.3. The molecule has 0 bridgehead atoms. The van der Waals surface area contributed by atoms with E-state index >= 15 is 0 Å². The standard InChI is InChI=1S/C27H28N4O2/c1-17(30(3)4)19-10-13-22(14-11-19)29-26(20-8-6-5-7-9-20)25-23-15-12-21(28)16-24(23)31(18(2)32)27(25)33/h5-17,33H,28H2,1-4H3/t17-/m0/s1. The smallest absolute Gasteiger partial charge is 0.230 e. The maximum atomic E-state index is 12.4. The monoisotopic (exact) mass is 440 g/mol. The summed E-state index contributed by atoms with van der Waals surface area (Å²) < 4.78 is 1.28. The second kappa shape index (κ2) is 8.92. The van der Waals surface area contributed by atoms with Crippen LogP contribution in [-0.4, -0.2) is 40.3 Å². The van der Waals surface area contributed by atoms with E-state index in [1.54, 1.807) is 12.1 Å². The van der Waals surface area contributed by atoms with Gasteiger partial charge in [0.15, 0.2) is 0 Å². The maximum absolute atomic E-state index is 12.4. The number of nitrogens with zero attached hydrogens (tertiary/aromatic N) is 3. The van der Waals surface area contributed by atoms with Gasteiger partial charge in [0.05, 0.1) is 22.5 Å². The van der Waals surface area contributed by atoms with E-state index in [9.17, 15) is 9.90 Å². The van der Waals surface area contributed by atoms with Crippen molar-refractivity contribution in [1.29, 1.82) is 0 Å². The van der Waals surface area contributed by atoms with Gasteiger partial charge in [-0.1, -0.05) is 42.5 Å². The molecule has 33 heavy (non-hydrogen) atoms. The Labute approximate surface area is 193 Å². The number of nitrogens with two attached hydrogens (primary N) is 1. The SMILES string of the molecule is CC(=O)n1c(O)c(C(=Nc2ccc([C@H](C)N(C)C)cc2)c2ccccc2)c2ccc(N)cc21. The highest BCUT2D eigenvalue weighted by Gasteiger charge is 2.24. The Morgan fingerprint density at radius 3 is 2.30 bits per heavy atom. The van der Waals surface area contributed by atoms with Gasteiger partial charge in [-0.3, -0.25) is 9.36 Å². The number of carbonyl (C=O) groups excluding carboxylic acids is 1. The molecule has 6 heteroatoms. The summed E-state index contributed by atoms with van der Waals surface area (Å²) >= 11 is 0. The van der Waals surface area contributed by atoms with Gasteiger partial charge < -0.3 is 15.7 Å². The minimum atomic E-state index is -0.302. The summed E-state index contributed by atoms with van der Waals surface area (Å²) in [4.78, 5) is 19.5. The summed E-state index contributed by atoms with van der Waals surface area (Å²) in [6.07, 6.45) is 0. The van der Waals surface area contributed by atoms with Crippen LogP contribution in [0, 0.1) is 0 Å². The molecular formula is C27H28N4O2. The Balaban J connectivity index is 1.95. The van der Waals surface area contributed by atoms with Crippen molar-refractivity contribution >= 4 is 33.9 Å². The van der Waals surface area contributed by atoms with Crippen LogP contribution in [0.1, 0.15) is 41.4 Å². The predicted molar refractivity (Wildman–Crippen MR) is 135 cm³/mol. The fourth-order valence-corrected chi connectivity index (χ4v) is 3.96. The summed E-state index contributed by atoms with van der Waals surface area (Å²) in [5, 5.41) is 11.9. The maximum Gasteiger partial charge on any atom is 0.230 e. The Kier molecular flexibility index (Phi) is 6.03. The number of hydrogen-bond donors (Lipinski definition) is 2.